The minimum Gasteiger partial charge on any atom is -0.383 e. The molecule has 1 heterocycles. The lowest BCUT2D eigenvalue weighted by atomic mass is 10.2. The van der Waals surface area contributed by atoms with Gasteiger partial charge in [-0.2, -0.15) is 0 Å². The predicted octanol–water partition coefficient (Wildman–Crippen LogP) is 2.31. The number of ether oxygens (including phenoxy) is 1. The van der Waals surface area contributed by atoms with E-state index in [4.69, 9.17) is 16.3 Å². The summed E-state index contributed by atoms with van der Waals surface area (Å²) in [7, 11) is 1.67. The molecular weight excluding hydrogens is 310 g/mol. The fourth-order valence-corrected chi connectivity index (χ4v) is 2.84. The van der Waals surface area contributed by atoms with Crippen molar-refractivity contribution in [3.63, 3.8) is 0 Å². The van der Waals surface area contributed by atoms with E-state index in [0.717, 1.165) is 17.0 Å². The Balaban J connectivity index is 2.13. The van der Waals surface area contributed by atoms with Gasteiger partial charge in [-0.1, -0.05) is 29.4 Å². The van der Waals surface area contributed by atoms with Gasteiger partial charge in [0.1, 0.15) is 0 Å². The predicted molar refractivity (Wildman–Crippen MR) is 84.0 cm³/mol. The van der Waals surface area contributed by atoms with Gasteiger partial charge in [0.2, 0.25) is 0 Å². The van der Waals surface area contributed by atoms with Crippen molar-refractivity contribution < 1.29 is 4.74 Å². The molecule has 0 amide bonds. The average molecular weight is 326 g/mol. The zero-order chi connectivity index (χ0) is 15.1. The number of hydrogen-bond acceptors (Lipinski definition) is 5. The van der Waals surface area contributed by atoms with Crippen LogP contribution in [-0.2, 0) is 11.3 Å². The van der Waals surface area contributed by atoms with Crippen molar-refractivity contribution in [1.29, 1.82) is 0 Å². The monoisotopic (exact) mass is 325 g/mol. The number of halogens is 1. The zero-order valence-electron chi connectivity index (χ0n) is 11.6. The minimum absolute atomic E-state index is 0.172. The summed E-state index contributed by atoms with van der Waals surface area (Å²) in [4.78, 5) is 19.1. The minimum atomic E-state index is -0.172. The Morgan fingerprint density at radius 3 is 3.05 bits per heavy atom. The van der Waals surface area contributed by atoms with E-state index in [2.05, 4.69) is 15.3 Å². The average Bonchev–Trinajstić information content (AvgIpc) is 2.45. The number of methoxy groups -OCH3 is 1. The maximum Gasteiger partial charge on any atom is 0.251 e. The van der Waals surface area contributed by atoms with Crippen LogP contribution in [-0.4, -0.2) is 30.2 Å². The van der Waals surface area contributed by atoms with Gasteiger partial charge in [-0.3, -0.25) is 4.79 Å². The number of benzene rings is 1. The van der Waals surface area contributed by atoms with Gasteiger partial charge < -0.3 is 15.0 Å². The summed E-state index contributed by atoms with van der Waals surface area (Å²) in [6, 6.07) is 7.06. The second kappa shape index (κ2) is 8.19. The third-order valence-electron chi connectivity index (χ3n) is 2.68. The SMILES string of the molecule is COCCNCc1ccc(Cl)cc1Sc1nccc(=O)[nH]1. The van der Waals surface area contributed by atoms with Gasteiger partial charge in [-0.25, -0.2) is 4.98 Å². The third-order valence-corrected chi connectivity index (χ3v) is 3.92. The number of nitrogens with one attached hydrogen (secondary N) is 2. The van der Waals surface area contributed by atoms with E-state index >= 15 is 0 Å². The summed E-state index contributed by atoms with van der Waals surface area (Å²) in [6.07, 6.45) is 1.49. The van der Waals surface area contributed by atoms with Crippen molar-refractivity contribution in [1.82, 2.24) is 15.3 Å². The Hall–Kier alpha value is -1.34. The molecule has 0 aliphatic rings. The molecule has 0 atom stereocenters. The Kier molecular flexibility index (Phi) is 6.25. The Morgan fingerprint density at radius 2 is 2.29 bits per heavy atom. The van der Waals surface area contributed by atoms with Gasteiger partial charge >= 0.3 is 0 Å². The smallest absolute Gasteiger partial charge is 0.251 e. The molecule has 0 saturated heterocycles. The molecular formula is C14H16ClN3O2S. The van der Waals surface area contributed by atoms with E-state index in [0.29, 0.717) is 23.3 Å². The quantitative estimate of drug-likeness (QED) is 0.604. The number of H-pyrrole nitrogens is 1. The summed E-state index contributed by atoms with van der Waals surface area (Å²) in [5.74, 6) is 0. The number of hydrogen-bond donors (Lipinski definition) is 2. The van der Waals surface area contributed by atoms with Crippen LogP contribution in [0.15, 0.2) is 45.3 Å². The van der Waals surface area contributed by atoms with E-state index < -0.39 is 0 Å². The third kappa shape index (κ3) is 5.17. The molecule has 2 N–H and O–H groups in total. The molecule has 0 saturated carbocycles. The molecule has 1 aromatic heterocycles. The van der Waals surface area contributed by atoms with Crippen LogP contribution in [0.1, 0.15) is 5.56 Å². The van der Waals surface area contributed by atoms with Gasteiger partial charge in [0.05, 0.1) is 6.61 Å². The molecule has 112 valence electrons. The van der Waals surface area contributed by atoms with Crippen molar-refractivity contribution >= 4 is 23.4 Å². The van der Waals surface area contributed by atoms with Crippen LogP contribution in [0.5, 0.6) is 0 Å². The highest BCUT2D eigenvalue weighted by molar-refractivity contribution is 7.99. The Bertz CT molecular complexity index is 648. The topological polar surface area (TPSA) is 67.0 Å². The van der Waals surface area contributed by atoms with Crippen molar-refractivity contribution in [3.8, 4) is 0 Å². The summed E-state index contributed by atoms with van der Waals surface area (Å²) in [5, 5.41) is 4.48. The highest BCUT2D eigenvalue weighted by Crippen LogP contribution is 2.29. The van der Waals surface area contributed by atoms with Gasteiger partial charge in [-0.15, -0.1) is 0 Å². The fraction of sp³-hybridized carbons (Fsp3) is 0.286. The summed E-state index contributed by atoms with van der Waals surface area (Å²) in [5.41, 5.74) is 0.918. The molecule has 0 fully saturated rings. The van der Waals surface area contributed by atoms with Crippen molar-refractivity contribution in [2.45, 2.75) is 16.6 Å². The van der Waals surface area contributed by atoms with Crippen LogP contribution in [0.2, 0.25) is 5.02 Å². The molecule has 5 nitrogen and oxygen atoms in total. The highest BCUT2D eigenvalue weighted by Gasteiger charge is 2.07. The lowest BCUT2D eigenvalue weighted by Crippen LogP contribution is -2.18. The molecule has 0 bridgehead atoms. The highest BCUT2D eigenvalue weighted by atomic mass is 35.5. The van der Waals surface area contributed by atoms with Gasteiger partial charge in [-0.05, 0) is 17.7 Å². The molecule has 0 aliphatic carbocycles. The molecule has 0 aliphatic heterocycles. The lowest BCUT2D eigenvalue weighted by molar-refractivity contribution is 0.199. The van der Waals surface area contributed by atoms with Gasteiger partial charge in [0, 0.05) is 42.4 Å². The van der Waals surface area contributed by atoms with E-state index in [9.17, 15) is 4.79 Å². The Morgan fingerprint density at radius 1 is 1.43 bits per heavy atom. The van der Waals surface area contributed by atoms with E-state index in [1.807, 2.05) is 18.2 Å². The maximum atomic E-state index is 11.3. The van der Waals surface area contributed by atoms with Crippen LogP contribution in [0.25, 0.3) is 0 Å². The molecule has 0 unspecified atom stereocenters. The lowest BCUT2D eigenvalue weighted by Gasteiger charge is -2.10. The molecule has 7 heteroatoms. The van der Waals surface area contributed by atoms with Crippen LogP contribution in [0.4, 0.5) is 0 Å². The number of aromatic amines is 1. The summed E-state index contributed by atoms with van der Waals surface area (Å²) in [6.45, 7) is 2.12. The zero-order valence-corrected chi connectivity index (χ0v) is 13.1. The van der Waals surface area contributed by atoms with Gasteiger partial charge in [0.25, 0.3) is 5.56 Å². The van der Waals surface area contributed by atoms with Crippen LogP contribution in [0.3, 0.4) is 0 Å². The van der Waals surface area contributed by atoms with E-state index in [1.165, 1.54) is 24.0 Å². The molecule has 2 rings (SSSR count). The molecule has 2 aromatic rings. The normalized spacial score (nSPS) is 10.8. The first-order chi connectivity index (χ1) is 10.2. The first kappa shape index (κ1) is 16.0. The number of aromatic nitrogens is 2. The summed E-state index contributed by atoms with van der Waals surface area (Å²) >= 11 is 7.44. The van der Waals surface area contributed by atoms with E-state index in [-0.39, 0.29) is 5.56 Å². The standard InChI is InChI=1S/C14H16ClN3O2S/c1-20-7-6-16-9-10-2-3-11(15)8-12(10)21-14-17-5-4-13(19)18-14/h2-5,8,16H,6-7,9H2,1H3,(H,17,18,19). The van der Waals surface area contributed by atoms with Crippen molar-refractivity contribution in [2.24, 2.45) is 0 Å². The number of rotatable bonds is 7. The summed E-state index contributed by atoms with van der Waals surface area (Å²) < 4.78 is 5.00. The molecule has 0 spiro atoms. The van der Waals surface area contributed by atoms with Crippen LogP contribution in [0, 0.1) is 0 Å². The van der Waals surface area contributed by atoms with Gasteiger partial charge in [0.15, 0.2) is 5.16 Å². The number of nitrogens with zero attached hydrogens (tertiary/aromatic N) is 1. The maximum absolute atomic E-state index is 11.3. The Labute approximate surface area is 132 Å². The van der Waals surface area contributed by atoms with Crippen molar-refractivity contribution in [3.05, 3.63) is 51.4 Å². The van der Waals surface area contributed by atoms with E-state index in [1.54, 1.807) is 7.11 Å². The van der Waals surface area contributed by atoms with Crippen LogP contribution < -0.4 is 10.9 Å². The first-order valence-electron chi connectivity index (χ1n) is 6.40. The first-order valence-corrected chi connectivity index (χ1v) is 7.60. The fourth-order valence-electron chi connectivity index (χ4n) is 1.67. The van der Waals surface area contributed by atoms with Crippen molar-refractivity contribution in [2.75, 3.05) is 20.3 Å². The molecule has 0 radical (unpaired) electrons. The van der Waals surface area contributed by atoms with Crippen LogP contribution >= 0.6 is 23.4 Å². The molecule has 1 aromatic carbocycles. The second-order valence-electron chi connectivity index (χ2n) is 4.26. The largest absolute Gasteiger partial charge is 0.383 e. The molecule has 21 heavy (non-hydrogen) atoms. The second-order valence-corrected chi connectivity index (χ2v) is 5.73.